The number of carbonyl (C=O) groups is 2. The number of aliphatic carboxylic acids is 1. The van der Waals surface area contributed by atoms with Crippen LogP contribution in [0.1, 0.15) is 11.7 Å². The molecule has 4 nitrogen and oxygen atoms in total. The molecule has 0 fully saturated rings. The van der Waals surface area contributed by atoms with Crippen LogP contribution in [0.4, 0.5) is 0 Å². The molecule has 5 heteroatoms. The molecule has 0 saturated heterocycles. The van der Waals surface area contributed by atoms with Crippen LogP contribution in [-0.2, 0) is 9.59 Å². The van der Waals surface area contributed by atoms with Gasteiger partial charge in [0.1, 0.15) is 12.1 Å². The Morgan fingerprint density at radius 3 is 2.14 bits per heavy atom. The summed E-state index contributed by atoms with van der Waals surface area (Å²) in [7, 11) is 0. The normalized spacial score (nSPS) is 11.2. The number of hydrogen-bond donors (Lipinski definition) is 1. The Morgan fingerprint density at radius 1 is 1.21 bits per heavy atom. The zero-order valence-electron chi connectivity index (χ0n) is 7.64. The number of hydrogen-bond acceptors (Lipinski definition) is 4. The van der Waals surface area contributed by atoms with Crippen LogP contribution in [0.15, 0.2) is 30.3 Å². The van der Waals surface area contributed by atoms with Gasteiger partial charge in [-0.2, -0.15) is 0 Å². The van der Waals surface area contributed by atoms with E-state index in [1.165, 1.54) is 12.1 Å². The first-order chi connectivity index (χ1) is 6.13. The summed E-state index contributed by atoms with van der Waals surface area (Å²) >= 11 is 0. The van der Waals surface area contributed by atoms with Crippen LogP contribution in [0, 0.1) is 0 Å². The van der Waals surface area contributed by atoms with Crippen molar-refractivity contribution in [3.05, 3.63) is 35.9 Å². The predicted octanol–water partition coefficient (Wildman–Crippen LogP) is -3.96. The van der Waals surface area contributed by atoms with Gasteiger partial charge in [0.15, 0.2) is 0 Å². The van der Waals surface area contributed by atoms with Gasteiger partial charge in [-0.3, -0.25) is 4.79 Å². The second-order valence-electron chi connectivity index (χ2n) is 2.46. The van der Waals surface area contributed by atoms with Crippen molar-refractivity contribution in [1.29, 1.82) is 0 Å². The van der Waals surface area contributed by atoms with Gasteiger partial charge >= 0.3 is 29.6 Å². The molecule has 14 heavy (non-hydrogen) atoms. The minimum absolute atomic E-state index is 0. The number of ketones is 1. The molecule has 0 heterocycles. The Balaban J connectivity index is 0.00000169. The average Bonchev–Trinajstić information content (AvgIpc) is 2.17. The Hall–Kier alpha value is -0.680. The van der Waals surface area contributed by atoms with Crippen LogP contribution in [-0.4, -0.2) is 16.9 Å². The summed E-state index contributed by atoms with van der Waals surface area (Å²) < 4.78 is 0. The summed E-state index contributed by atoms with van der Waals surface area (Å²) in [5.41, 5.74) is 0.247. The molecular weight excluding hydrogens is 195 g/mol. The topological polar surface area (TPSA) is 77.4 Å². The number of carbonyl (C=O) groups excluding carboxylic acids is 2. The van der Waals surface area contributed by atoms with Crippen LogP contribution < -0.4 is 34.7 Å². The summed E-state index contributed by atoms with van der Waals surface area (Å²) in [4.78, 5) is 20.8. The molecule has 1 N–H and O–H groups in total. The fourth-order valence-corrected chi connectivity index (χ4v) is 0.898. The zero-order valence-corrected chi connectivity index (χ0v) is 9.64. The third kappa shape index (κ3) is 3.23. The van der Waals surface area contributed by atoms with E-state index >= 15 is 0 Å². The van der Waals surface area contributed by atoms with Crippen LogP contribution >= 0.6 is 0 Å². The number of aliphatic hydroxyl groups is 1. The van der Waals surface area contributed by atoms with Gasteiger partial charge in [-0.15, -0.1) is 0 Å². The largest absolute Gasteiger partial charge is 1.00 e. The van der Waals surface area contributed by atoms with E-state index in [-0.39, 0.29) is 35.1 Å². The van der Waals surface area contributed by atoms with Gasteiger partial charge in [-0.1, -0.05) is 30.3 Å². The number of rotatable bonds is 3. The molecule has 0 aromatic heterocycles. The molecule has 0 aliphatic heterocycles. The Labute approximate surface area is 103 Å². The standard InChI is InChI=1S/C9H8O4.Na/c10-7(8(11)9(12)13)6-4-2-1-3-5-6;/h1-5,7,10H,(H,12,13);/q;+1/p-1. The van der Waals surface area contributed by atoms with Gasteiger partial charge in [0, 0.05) is 0 Å². The molecule has 0 aliphatic carbocycles. The Bertz CT molecular complexity index is 323. The number of carboxylic acids is 1. The molecule has 0 radical (unpaired) electrons. The second-order valence-corrected chi connectivity index (χ2v) is 2.46. The average molecular weight is 202 g/mol. The molecular formula is C9H7NaO4. The molecule has 1 rings (SSSR count). The molecule has 1 unspecified atom stereocenters. The van der Waals surface area contributed by atoms with E-state index < -0.39 is 17.9 Å². The van der Waals surface area contributed by atoms with Gasteiger partial charge in [-0.25, -0.2) is 0 Å². The van der Waals surface area contributed by atoms with Crippen molar-refractivity contribution in [2.24, 2.45) is 0 Å². The van der Waals surface area contributed by atoms with Gasteiger partial charge in [0.05, 0.1) is 0 Å². The molecule has 68 valence electrons. The molecule has 1 atom stereocenters. The van der Waals surface area contributed by atoms with E-state index in [9.17, 15) is 19.8 Å². The maximum absolute atomic E-state index is 10.7. The summed E-state index contributed by atoms with van der Waals surface area (Å²) in [5.74, 6) is -3.21. The Kier molecular flexibility index (Phi) is 5.64. The number of aliphatic hydroxyl groups excluding tert-OH is 1. The van der Waals surface area contributed by atoms with E-state index in [0.29, 0.717) is 0 Å². The van der Waals surface area contributed by atoms with Crippen LogP contribution in [0.25, 0.3) is 0 Å². The minimum Gasteiger partial charge on any atom is -0.542 e. The van der Waals surface area contributed by atoms with E-state index in [0.717, 1.165) is 0 Å². The van der Waals surface area contributed by atoms with Gasteiger partial charge in [0.25, 0.3) is 0 Å². The van der Waals surface area contributed by atoms with Crippen molar-refractivity contribution in [3.63, 3.8) is 0 Å². The first-order valence-electron chi connectivity index (χ1n) is 3.61. The van der Waals surface area contributed by atoms with E-state index in [2.05, 4.69) is 0 Å². The summed E-state index contributed by atoms with van der Waals surface area (Å²) in [6.45, 7) is 0. The van der Waals surface area contributed by atoms with Gasteiger partial charge in [0.2, 0.25) is 5.78 Å². The minimum atomic E-state index is -1.88. The van der Waals surface area contributed by atoms with Gasteiger partial charge < -0.3 is 15.0 Å². The van der Waals surface area contributed by atoms with Crippen molar-refractivity contribution >= 4 is 11.8 Å². The first kappa shape index (κ1) is 13.3. The Morgan fingerprint density at radius 2 is 1.71 bits per heavy atom. The molecule has 1 aromatic rings. The van der Waals surface area contributed by atoms with Crippen molar-refractivity contribution < 1.29 is 49.4 Å². The summed E-state index contributed by atoms with van der Waals surface area (Å²) in [6.07, 6.45) is -1.63. The maximum Gasteiger partial charge on any atom is 1.00 e. The molecule has 0 amide bonds. The van der Waals surface area contributed by atoms with Crippen molar-refractivity contribution in [2.45, 2.75) is 6.10 Å². The van der Waals surface area contributed by atoms with Crippen molar-refractivity contribution in [1.82, 2.24) is 0 Å². The quantitative estimate of drug-likeness (QED) is 0.401. The zero-order chi connectivity index (χ0) is 9.84. The van der Waals surface area contributed by atoms with Crippen molar-refractivity contribution in [3.8, 4) is 0 Å². The van der Waals surface area contributed by atoms with Crippen molar-refractivity contribution in [2.75, 3.05) is 0 Å². The number of benzene rings is 1. The first-order valence-corrected chi connectivity index (χ1v) is 3.61. The molecule has 0 bridgehead atoms. The molecule has 0 aliphatic rings. The van der Waals surface area contributed by atoms with Crippen LogP contribution in [0.3, 0.4) is 0 Å². The number of carboxylic acid groups (broad SMARTS) is 1. The van der Waals surface area contributed by atoms with Crippen LogP contribution in [0.2, 0.25) is 0 Å². The molecule has 1 aromatic carbocycles. The third-order valence-electron chi connectivity index (χ3n) is 1.56. The summed E-state index contributed by atoms with van der Waals surface area (Å²) in [5, 5.41) is 19.3. The monoisotopic (exact) mass is 202 g/mol. The fraction of sp³-hybridized carbons (Fsp3) is 0.111. The number of Topliss-reactive ketones (excluding diaryl/α,β-unsaturated/α-hetero) is 1. The smallest absolute Gasteiger partial charge is 0.542 e. The third-order valence-corrected chi connectivity index (χ3v) is 1.56. The molecule has 0 saturated carbocycles. The van der Waals surface area contributed by atoms with E-state index in [4.69, 9.17) is 0 Å². The fourth-order valence-electron chi connectivity index (χ4n) is 0.898. The van der Waals surface area contributed by atoms with E-state index in [1.54, 1.807) is 18.2 Å². The van der Waals surface area contributed by atoms with Gasteiger partial charge in [-0.05, 0) is 5.56 Å². The maximum atomic E-state index is 10.7. The van der Waals surface area contributed by atoms with Crippen LogP contribution in [0.5, 0.6) is 0 Å². The SMILES string of the molecule is O=C([O-])C(=O)C(O)c1ccccc1.[Na+]. The predicted molar refractivity (Wildman–Crippen MR) is 41.4 cm³/mol. The second kappa shape index (κ2) is 5.93. The molecule has 0 spiro atoms. The van der Waals surface area contributed by atoms with E-state index in [1.807, 2.05) is 0 Å². The summed E-state index contributed by atoms with van der Waals surface area (Å²) in [6, 6.07) is 7.82.